The zero-order valence-corrected chi connectivity index (χ0v) is 16.2. The number of furan rings is 1. The summed E-state index contributed by atoms with van der Waals surface area (Å²) in [5.74, 6) is -1.10. The summed E-state index contributed by atoms with van der Waals surface area (Å²) in [4.78, 5) is 47.0. The van der Waals surface area contributed by atoms with Crippen LogP contribution in [0, 0.1) is 0 Å². The van der Waals surface area contributed by atoms with E-state index in [1.165, 1.54) is 6.26 Å². The van der Waals surface area contributed by atoms with Crippen LogP contribution < -0.4 is 10.6 Å². The maximum absolute atomic E-state index is 12.1. The molecule has 0 aliphatic carbocycles. The van der Waals surface area contributed by atoms with Crippen molar-refractivity contribution in [2.24, 2.45) is 0 Å². The maximum atomic E-state index is 12.1. The first kappa shape index (κ1) is 21.9. The van der Waals surface area contributed by atoms with Crippen LogP contribution in [0.4, 0.5) is 4.79 Å². The van der Waals surface area contributed by atoms with E-state index in [1.807, 2.05) is 17.4 Å². The van der Waals surface area contributed by atoms with E-state index in [0.29, 0.717) is 11.3 Å². The fourth-order valence-corrected chi connectivity index (χ4v) is 2.51. The Bertz CT molecular complexity index is 827. The number of ketones is 1. The van der Waals surface area contributed by atoms with Gasteiger partial charge in [-0.05, 0) is 24.1 Å². The molecule has 0 unspecified atom stereocenters. The van der Waals surface area contributed by atoms with Gasteiger partial charge in [-0.15, -0.1) is 0 Å². The second kappa shape index (κ2) is 11.4. The molecule has 0 radical (unpaired) electrons. The number of hydrogen-bond donors (Lipinski definition) is 2. The second-order valence-corrected chi connectivity index (χ2v) is 6.34. The van der Waals surface area contributed by atoms with E-state index >= 15 is 0 Å². The summed E-state index contributed by atoms with van der Waals surface area (Å²) in [6.07, 6.45) is 3.28. The molecule has 8 heteroatoms. The molecule has 0 saturated carbocycles. The molecule has 3 amide bonds. The molecular weight excluding hydrogens is 376 g/mol. The molecule has 0 aliphatic heterocycles. The van der Waals surface area contributed by atoms with E-state index in [2.05, 4.69) is 12.2 Å². The number of hydrogen-bond acceptors (Lipinski definition) is 6. The van der Waals surface area contributed by atoms with Crippen molar-refractivity contribution in [2.45, 2.75) is 39.2 Å². The van der Waals surface area contributed by atoms with E-state index in [4.69, 9.17) is 9.15 Å². The number of carbonyl (C=O) groups excluding carboxylic acids is 4. The molecule has 0 bridgehead atoms. The smallest absolute Gasteiger partial charge is 0.321 e. The molecule has 0 fully saturated rings. The quantitative estimate of drug-likeness (QED) is 0.468. The van der Waals surface area contributed by atoms with Crippen LogP contribution in [0.15, 0.2) is 47.1 Å². The minimum atomic E-state index is -0.770. The van der Waals surface area contributed by atoms with Crippen LogP contribution in [0.1, 0.15) is 47.9 Å². The van der Waals surface area contributed by atoms with Gasteiger partial charge in [-0.1, -0.05) is 37.6 Å². The molecule has 0 spiro atoms. The maximum Gasteiger partial charge on any atom is 0.321 e. The topological polar surface area (TPSA) is 115 Å². The van der Waals surface area contributed by atoms with Crippen molar-refractivity contribution < 1.29 is 28.3 Å². The van der Waals surface area contributed by atoms with Crippen LogP contribution in [-0.2, 0) is 27.3 Å². The predicted octanol–water partition coefficient (Wildman–Crippen LogP) is 2.76. The van der Waals surface area contributed by atoms with Crippen LogP contribution in [0.25, 0.3) is 0 Å². The molecule has 1 aromatic carbocycles. The number of ether oxygens (including phenoxy) is 1. The van der Waals surface area contributed by atoms with Crippen molar-refractivity contribution in [3.63, 3.8) is 0 Å². The average molecular weight is 400 g/mol. The monoisotopic (exact) mass is 400 g/mol. The molecule has 1 heterocycles. The third-order valence-corrected chi connectivity index (χ3v) is 3.99. The van der Waals surface area contributed by atoms with Gasteiger partial charge in [-0.25, -0.2) is 4.79 Å². The summed E-state index contributed by atoms with van der Waals surface area (Å²) < 4.78 is 9.83. The van der Waals surface area contributed by atoms with Gasteiger partial charge in [0.15, 0.2) is 12.4 Å². The number of rotatable bonds is 10. The summed E-state index contributed by atoms with van der Waals surface area (Å²) in [7, 11) is 0. The Hall–Kier alpha value is -3.42. The standard InChI is InChI=1S/C21H24N2O6/c1-2-4-15-6-8-16(9-7-15)18(24)10-11-20(26)29-14-19(25)23-21(27)22-13-17-5-3-12-28-17/h3,5-9,12H,2,4,10-11,13-14H2,1H3,(H2,22,23,25,27). The van der Waals surface area contributed by atoms with E-state index in [9.17, 15) is 19.2 Å². The number of imide groups is 1. The lowest BCUT2D eigenvalue weighted by Gasteiger charge is -2.07. The first-order valence-electron chi connectivity index (χ1n) is 9.35. The van der Waals surface area contributed by atoms with Crippen LogP contribution in [0.2, 0.25) is 0 Å². The summed E-state index contributed by atoms with van der Waals surface area (Å²) in [5, 5.41) is 4.45. The number of benzene rings is 1. The fourth-order valence-electron chi connectivity index (χ4n) is 2.51. The summed E-state index contributed by atoms with van der Waals surface area (Å²) >= 11 is 0. The fraction of sp³-hybridized carbons (Fsp3) is 0.333. The average Bonchev–Trinajstić information content (AvgIpc) is 3.23. The molecule has 154 valence electrons. The van der Waals surface area contributed by atoms with Crippen molar-refractivity contribution in [2.75, 3.05) is 6.61 Å². The molecule has 0 aliphatic rings. The van der Waals surface area contributed by atoms with Crippen LogP contribution in [0.3, 0.4) is 0 Å². The summed E-state index contributed by atoms with van der Waals surface area (Å²) in [6.45, 7) is 1.60. The molecule has 0 atom stereocenters. The second-order valence-electron chi connectivity index (χ2n) is 6.34. The van der Waals surface area contributed by atoms with E-state index in [-0.39, 0.29) is 25.2 Å². The highest BCUT2D eigenvalue weighted by Gasteiger charge is 2.13. The molecule has 0 saturated heterocycles. The zero-order valence-electron chi connectivity index (χ0n) is 16.2. The Morgan fingerprint density at radius 1 is 1.03 bits per heavy atom. The molecule has 29 heavy (non-hydrogen) atoms. The Morgan fingerprint density at radius 3 is 2.45 bits per heavy atom. The Morgan fingerprint density at radius 2 is 1.79 bits per heavy atom. The molecule has 1 aromatic heterocycles. The number of urea groups is 1. The molecule has 2 rings (SSSR count). The highest BCUT2D eigenvalue weighted by molar-refractivity contribution is 5.98. The number of aryl methyl sites for hydroxylation is 1. The first-order chi connectivity index (χ1) is 14.0. The zero-order chi connectivity index (χ0) is 21.1. The van der Waals surface area contributed by atoms with Gasteiger partial charge >= 0.3 is 12.0 Å². The Balaban J connectivity index is 1.63. The van der Waals surface area contributed by atoms with Crippen molar-refractivity contribution >= 4 is 23.7 Å². The van der Waals surface area contributed by atoms with Crippen molar-refractivity contribution in [3.05, 3.63) is 59.5 Å². The predicted molar refractivity (Wildman–Crippen MR) is 104 cm³/mol. The van der Waals surface area contributed by atoms with Crippen LogP contribution in [0.5, 0.6) is 0 Å². The number of esters is 1. The van der Waals surface area contributed by atoms with E-state index in [0.717, 1.165) is 18.4 Å². The molecule has 2 aromatic rings. The van der Waals surface area contributed by atoms with Gasteiger partial charge in [-0.2, -0.15) is 0 Å². The van der Waals surface area contributed by atoms with Gasteiger partial charge in [-0.3, -0.25) is 19.7 Å². The lowest BCUT2D eigenvalue weighted by molar-refractivity contribution is -0.148. The number of nitrogens with one attached hydrogen (secondary N) is 2. The van der Waals surface area contributed by atoms with Crippen molar-refractivity contribution in [1.29, 1.82) is 0 Å². The Labute approximate surface area is 168 Å². The van der Waals surface area contributed by atoms with E-state index in [1.54, 1.807) is 24.3 Å². The van der Waals surface area contributed by atoms with Gasteiger partial charge in [0.25, 0.3) is 5.91 Å². The normalized spacial score (nSPS) is 10.2. The largest absolute Gasteiger partial charge is 0.467 e. The minimum absolute atomic E-state index is 0.0167. The summed E-state index contributed by atoms with van der Waals surface area (Å²) in [6, 6.07) is 9.90. The minimum Gasteiger partial charge on any atom is -0.467 e. The lowest BCUT2D eigenvalue weighted by atomic mass is 10.0. The third kappa shape index (κ3) is 8.00. The molecule has 8 nitrogen and oxygen atoms in total. The van der Waals surface area contributed by atoms with Crippen LogP contribution >= 0.6 is 0 Å². The molecule has 2 N–H and O–H groups in total. The van der Waals surface area contributed by atoms with Crippen molar-refractivity contribution in [3.8, 4) is 0 Å². The van der Waals surface area contributed by atoms with Crippen molar-refractivity contribution in [1.82, 2.24) is 10.6 Å². The highest BCUT2D eigenvalue weighted by Crippen LogP contribution is 2.10. The van der Waals surface area contributed by atoms with E-state index < -0.39 is 24.5 Å². The summed E-state index contributed by atoms with van der Waals surface area (Å²) in [5.41, 5.74) is 1.69. The molecular formula is C21H24N2O6. The number of Topliss-reactive ketones (excluding diaryl/α,β-unsaturated/α-hetero) is 1. The van der Waals surface area contributed by atoms with Gasteiger partial charge in [0.2, 0.25) is 0 Å². The lowest BCUT2D eigenvalue weighted by Crippen LogP contribution is -2.41. The first-order valence-corrected chi connectivity index (χ1v) is 9.35. The van der Waals surface area contributed by atoms with Crippen LogP contribution in [-0.4, -0.2) is 30.3 Å². The third-order valence-electron chi connectivity index (χ3n) is 3.99. The van der Waals surface area contributed by atoms with Gasteiger partial charge < -0.3 is 14.5 Å². The highest BCUT2D eigenvalue weighted by atomic mass is 16.5. The van der Waals surface area contributed by atoms with Gasteiger partial charge in [0.1, 0.15) is 5.76 Å². The number of amides is 3. The number of carbonyl (C=O) groups is 4. The van der Waals surface area contributed by atoms with Gasteiger partial charge in [0, 0.05) is 12.0 Å². The van der Waals surface area contributed by atoms with Gasteiger partial charge in [0.05, 0.1) is 19.2 Å². The Kier molecular flexibility index (Phi) is 8.62. The SMILES string of the molecule is CCCc1ccc(C(=O)CCC(=O)OCC(=O)NC(=O)NCc2ccco2)cc1.